The molecule has 112 valence electrons. The number of esters is 1. The minimum Gasteiger partial charge on any atom is -0.458 e. The fourth-order valence-electron chi connectivity index (χ4n) is 1.70. The first-order valence-electron chi connectivity index (χ1n) is 6.77. The van der Waals surface area contributed by atoms with Crippen molar-refractivity contribution in [2.45, 2.75) is 59.6 Å². The van der Waals surface area contributed by atoms with E-state index < -0.39 is 17.6 Å². The highest BCUT2D eigenvalue weighted by Gasteiger charge is 2.24. The maximum atomic E-state index is 12.1. The second-order valence-corrected chi connectivity index (χ2v) is 7.03. The highest BCUT2D eigenvalue weighted by molar-refractivity contribution is 7.14. The zero-order chi connectivity index (χ0) is 15.5. The van der Waals surface area contributed by atoms with Crippen LogP contribution in [0.2, 0.25) is 0 Å². The van der Waals surface area contributed by atoms with Gasteiger partial charge in [0.1, 0.15) is 11.6 Å². The summed E-state index contributed by atoms with van der Waals surface area (Å²) in [6.07, 6.45) is 0.900. The van der Waals surface area contributed by atoms with Gasteiger partial charge >= 0.3 is 5.97 Å². The molecule has 0 saturated heterocycles. The topological polar surface area (TPSA) is 55.4 Å². The lowest BCUT2D eigenvalue weighted by Crippen LogP contribution is -2.42. The van der Waals surface area contributed by atoms with Crippen LogP contribution in [0.15, 0.2) is 6.07 Å². The van der Waals surface area contributed by atoms with Crippen molar-refractivity contribution in [2.75, 3.05) is 0 Å². The molecule has 1 heterocycles. The molecular weight excluding hydrogens is 274 g/mol. The Hall–Kier alpha value is -1.36. The second-order valence-electron chi connectivity index (χ2n) is 5.77. The van der Waals surface area contributed by atoms with E-state index >= 15 is 0 Å². The van der Waals surface area contributed by atoms with Gasteiger partial charge in [-0.2, -0.15) is 0 Å². The number of hydrogen-bond acceptors (Lipinski definition) is 4. The molecule has 1 atom stereocenters. The van der Waals surface area contributed by atoms with Gasteiger partial charge in [0.25, 0.3) is 5.91 Å². The van der Waals surface area contributed by atoms with Crippen LogP contribution >= 0.6 is 11.3 Å². The quantitative estimate of drug-likeness (QED) is 0.869. The van der Waals surface area contributed by atoms with Crippen LogP contribution in [0, 0.1) is 6.92 Å². The van der Waals surface area contributed by atoms with Crippen LogP contribution in [0.1, 0.15) is 54.7 Å². The Morgan fingerprint density at radius 1 is 1.40 bits per heavy atom. The summed E-state index contributed by atoms with van der Waals surface area (Å²) < 4.78 is 5.24. The van der Waals surface area contributed by atoms with E-state index in [0.717, 1.165) is 11.3 Å². The highest BCUT2D eigenvalue weighted by atomic mass is 32.1. The molecule has 1 amide bonds. The number of ether oxygens (including phenoxy) is 1. The summed E-state index contributed by atoms with van der Waals surface area (Å²) in [4.78, 5) is 25.7. The first-order valence-corrected chi connectivity index (χ1v) is 7.58. The fourth-order valence-corrected chi connectivity index (χ4v) is 2.72. The summed E-state index contributed by atoms with van der Waals surface area (Å²) in [5.74, 6) is -0.647. The molecular formula is C15H23NO3S. The number of thiophene rings is 1. The van der Waals surface area contributed by atoms with Crippen LogP contribution in [0.4, 0.5) is 0 Å². The molecule has 0 saturated carbocycles. The minimum atomic E-state index is -0.658. The zero-order valence-electron chi connectivity index (χ0n) is 13.0. The standard InChI is InChI=1S/C15H23NO3S/c1-7-11-8-12(20-10(11)3)13(17)16-9(2)14(18)19-15(4,5)6/h8-9H,7H2,1-6H3,(H,16,17)/t9-/m0/s1. The van der Waals surface area contributed by atoms with Gasteiger partial charge in [0, 0.05) is 4.88 Å². The van der Waals surface area contributed by atoms with Gasteiger partial charge in [0.15, 0.2) is 0 Å². The van der Waals surface area contributed by atoms with Crippen molar-refractivity contribution >= 4 is 23.2 Å². The molecule has 5 heteroatoms. The molecule has 0 aliphatic rings. The average molecular weight is 297 g/mol. The predicted octanol–water partition coefficient (Wildman–Crippen LogP) is 3.08. The molecule has 0 unspecified atom stereocenters. The van der Waals surface area contributed by atoms with Gasteiger partial charge in [-0.3, -0.25) is 4.79 Å². The monoisotopic (exact) mass is 297 g/mol. The molecule has 1 rings (SSSR count). The third-order valence-corrected chi connectivity index (χ3v) is 3.82. The zero-order valence-corrected chi connectivity index (χ0v) is 13.8. The molecule has 0 fully saturated rings. The Morgan fingerprint density at radius 2 is 2.00 bits per heavy atom. The summed E-state index contributed by atoms with van der Waals surface area (Å²) in [5.41, 5.74) is 0.621. The Morgan fingerprint density at radius 3 is 2.45 bits per heavy atom. The van der Waals surface area contributed by atoms with Crippen molar-refractivity contribution in [1.29, 1.82) is 0 Å². The molecule has 0 spiro atoms. The fraction of sp³-hybridized carbons (Fsp3) is 0.600. The van der Waals surface area contributed by atoms with E-state index in [9.17, 15) is 9.59 Å². The molecule has 1 N–H and O–H groups in total. The molecule has 0 bridgehead atoms. The van der Waals surface area contributed by atoms with Crippen LogP contribution in [0.5, 0.6) is 0 Å². The summed E-state index contributed by atoms with van der Waals surface area (Å²) in [7, 11) is 0. The van der Waals surface area contributed by atoms with Crippen molar-refractivity contribution < 1.29 is 14.3 Å². The van der Waals surface area contributed by atoms with Crippen molar-refractivity contribution in [2.24, 2.45) is 0 Å². The van der Waals surface area contributed by atoms with Gasteiger partial charge in [-0.05, 0) is 52.7 Å². The summed E-state index contributed by atoms with van der Waals surface area (Å²) >= 11 is 1.45. The van der Waals surface area contributed by atoms with Crippen molar-refractivity contribution in [3.8, 4) is 0 Å². The highest BCUT2D eigenvalue weighted by Crippen LogP contribution is 2.22. The van der Waals surface area contributed by atoms with Gasteiger partial charge in [-0.15, -0.1) is 11.3 Å². The summed E-state index contributed by atoms with van der Waals surface area (Å²) in [6, 6.07) is 1.23. The summed E-state index contributed by atoms with van der Waals surface area (Å²) in [6.45, 7) is 11.1. The van der Waals surface area contributed by atoms with E-state index in [1.165, 1.54) is 16.9 Å². The molecule has 20 heavy (non-hydrogen) atoms. The summed E-state index contributed by atoms with van der Waals surface area (Å²) in [5, 5.41) is 2.68. The van der Waals surface area contributed by atoms with Crippen molar-refractivity contribution in [3.05, 3.63) is 21.4 Å². The number of hydrogen-bond donors (Lipinski definition) is 1. The molecule has 0 aromatic carbocycles. The Bertz CT molecular complexity index is 500. The third kappa shape index (κ3) is 4.63. The molecule has 1 aromatic rings. The SMILES string of the molecule is CCc1cc(C(=O)N[C@@H](C)C(=O)OC(C)(C)C)sc1C. The smallest absolute Gasteiger partial charge is 0.328 e. The normalized spacial score (nSPS) is 12.9. The minimum absolute atomic E-state index is 0.226. The van der Waals surface area contributed by atoms with Crippen molar-refractivity contribution in [3.63, 3.8) is 0 Å². The van der Waals surface area contributed by atoms with Crippen LogP contribution in [0.3, 0.4) is 0 Å². The van der Waals surface area contributed by atoms with E-state index in [1.807, 2.05) is 13.0 Å². The first-order chi connectivity index (χ1) is 9.14. The number of carbonyl (C=O) groups is 2. The first kappa shape index (κ1) is 16.7. The Labute approximate surface area is 124 Å². The lowest BCUT2D eigenvalue weighted by Gasteiger charge is -2.22. The van der Waals surface area contributed by atoms with Crippen LogP contribution in [-0.2, 0) is 16.0 Å². The number of carbonyl (C=O) groups excluding carboxylic acids is 2. The molecule has 4 nitrogen and oxygen atoms in total. The van der Waals surface area contributed by atoms with Gasteiger partial charge in [0.2, 0.25) is 0 Å². The van der Waals surface area contributed by atoms with E-state index in [2.05, 4.69) is 12.2 Å². The van der Waals surface area contributed by atoms with E-state index in [-0.39, 0.29) is 5.91 Å². The van der Waals surface area contributed by atoms with Gasteiger partial charge in [0.05, 0.1) is 4.88 Å². The van der Waals surface area contributed by atoms with Crippen LogP contribution in [-0.4, -0.2) is 23.5 Å². The maximum absolute atomic E-state index is 12.1. The predicted molar refractivity (Wildman–Crippen MR) is 81.2 cm³/mol. The van der Waals surface area contributed by atoms with Crippen LogP contribution < -0.4 is 5.32 Å². The third-order valence-electron chi connectivity index (χ3n) is 2.73. The van der Waals surface area contributed by atoms with Gasteiger partial charge < -0.3 is 10.1 Å². The van der Waals surface area contributed by atoms with E-state index in [4.69, 9.17) is 4.74 Å². The van der Waals surface area contributed by atoms with Crippen molar-refractivity contribution in [1.82, 2.24) is 5.32 Å². The number of rotatable bonds is 4. The Balaban J connectivity index is 2.67. The van der Waals surface area contributed by atoms with E-state index in [1.54, 1.807) is 27.7 Å². The number of nitrogens with one attached hydrogen (secondary N) is 1. The van der Waals surface area contributed by atoms with Crippen LogP contribution in [0.25, 0.3) is 0 Å². The Kier molecular flexibility index (Phi) is 5.34. The van der Waals surface area contributed by atoms with Gasteiger partial charge in [-0.1, -0.05) is 6.92 Å². The second kappa shape index (κ2) is 6.39. The van der Waals surface area contributed by atoms with E-state index in [0.29, 0.717) is 4.88 Å². The number of amides is 1. The lowest BCUT2D eigenvalue weighted by atomic mass is 10.2. The number of aryl methyl sites for hydroxylation is 2. The maximum Gasteiger partial charge on any atom is 0.328 e. The molecule has 0 aliphatic heterocycles. The largest absolute Gasteiger partial charge is 0.458 e. The molecule has 0 radical (unpaired) electrons. The molecule has 1 aromatic heterocycles. The van der Waals surface area contributed by atoms with Gasteiger partial charge in [-0.25, -0.2) is 4.79 Å². The molecule has 0 aliphatic carbocycles. The lowest BCUT2D eigenvalue weighted by molar-refractivity contribution is -0.156. The average Bonchev–Trinajstić information content (AvgIpc) is 2.68.